The van der Waals surface area contributed by atoms with Crippen molar-refractivity contribution < 1.29 is 18.7 Å². The van der Waals surface area contributed by atoms with Crippen LogP contribution in [0, 0.1) is 0 Å². The maximum atomic E-state index is 12.4. The van der Waals surface area contributed by atoms with E-state index in [-0.39, 0.29) is 17.9 Å². The molecule has 5 heteroatoms. The Hall–Kier alpha value is -1.16. The van der Waals surface area contributed by atoms with E-state index in [9.17, 15) is 13.6 Å². The Morgan fingerprint density at radius 1 is 1.50 bits per heavy atom. The molecule has 0 amide bonds. The minimum Gasteiger partial charge on any atom is -0.481 e. The van der Waals surface area contributed by atoms with Gasteiger partial charge in [-0.3, -0.25) is 4.79 Å². The van der Waals surface area contributed by atoms with Crippen LogP contribution in [-0.4, -0.2) is 11.1 Å². The van der Waals surface area contributed by atoms with Gasteiger partial charge in [0.2, 0.25) is 0 Å². The first kappa shape index (κ1) is 12.9. The number of carboxylic acid groups (broad SMARTS) is 1. The molecule has 1 N–H and O–H groups in total. The van der Waals surface area contributed by atoms with Crippen LogP contribution in [0.15, 0.2) is 18.2 Å². The van der Waals surface area contributed by atoms with Crippen LogP contribution in [0.1, 0.15) is 36.8 Å². The second-order valence-electron chi connectivity index (χ2n) is 3.58. The van der Waals surface area contributed by atoms with Gasteiger partial charge in [-0.15, -0.1) is 0 Å². The van der Waals surface area contributed by atoms with Crippen LogP contribution < -0.4 is 0 Å². The van der Waals surface area contributed by atoms with Crippen molar-refractivity contribution in [2.45, 2.75) is 25.7 Å². The molecule has 0 bridgehead atoms. The van der Waals surface area contributed by atoms with Gasteiger partial charge in [-0.1, -0.05) is 24.6 Å². The maximum Gasteiger partial charge on any atom is 0.303 e. The van der Waals surface area contributed by atoms with Crippen molar-refractivity contribution in [1.82, 2.24) is 0 Å². The third-order valence-corrected chi connectivity index (χ3v) is 2.63. The number of hydrogen-bond donors (Lipinski definition) is 1. The van der Waals surface area contributed by atoms with E-state index in [0.717, 1.165) is 0 Å². The van der Waals surface area contributed by atoms with Gasteiger partial charge in [0.25, 0.3) is 6.43 Å². The molecule has 1 aromatic carbocycles. The highest BCUT2D eigenvalue weighted by atomic mass is 35.5. The SMILES string of the molecule is CC(CC(=O)O)c1cc(C(F)F)ccc1Cl. The number of hydrogen-bond acceptors (Lipinski definition) is 1. The van der Waals surface area contributed by atoms with Crippen LogP contribution in [0.3, 0.4) is 0 Å². The molecule has 16 heavy (non-hydrogen) atoms. The van der Waals surface area contributed by atoms with Crippen molar-refractivity contribution in [2.75, 3.05) is 0 Å². The zero-order valence-electron chi connectivity index (χ0n) is 8.58. The zero-order chi connectivity index (χ0) is 12.3. The van der Waals surface area contributed by atoms with Crippen LogP contribution in [0.4, 0.5) is 8.78 Å². The van der Waals surface area contributed by atoms with Gasteiger partial charge in [-0.25, -0.2) is 8.78 Å². The highest BCUT2D eigenvalue weighted by Crippen LogP contribution is 2.30. The summed E-state index contributed by atoms with van der Waals surface area (Å²) in [5, 5.41) is 8.94. The number of carboxylic acids is 1. The van der Waals surface area contributed by atoms with E-state index < -0.39 is 12.4 Å². The molecule has 0 radical (unpaired) electrons. The summed E-state index contributed by atoms with van der Waals surface area (Å²) in [6.07, 6.45) is -2.71. The molecule has 0 aliphatic carbocycles. The molecular formula is C11H11ClF2O2. The quantitative estimate of drug-likeness (QED) is 0.879. The Labute approximate surface area is 96.8 Å². The third-order valence-electron chi connectivity index (χ3n) is 2.28. The van der Waals surface area contributed by atoms with Gasteiger partial charge >= 0.3 is 5.97 Å². The van der Waals surface area contributed by atoms with Gasteiger partial charge in [-0.05, 0) is 23.6 Å². The average Bonchev–Trinajstić information content (AvgIpc) is 2.16. The van der Waals surface area contributed by atoms with E-state index in [4.69, 9.17) is 16.7 Å². The Kier molecular flexibility index (Phi) is 4.24. The van der Waals surface area contributed by atoms with Crippen LogP contribution in [0.2, 0.25) is 5.02 Å². The molecule has 0 saturated heterocycles. The van der Waals surface area contributed by atoms with E-state index in [1.54, 1.807) is 6.92 Å². The predicted molar refractivity (Wildman–Crippen MR) is 57.1 cm³/mol. The minimum absolute atomic E-state index is 0.133. The summed E-state index contributed by atoms with van der Waals surface area (Å²) in [4.78, 5) is 10.5. The number of aliphatic carboxylic acids is 1. The lowest BCUT2D eigenvalue weighted by atomic mass is 9.96. The summed E-state index contributed by atoms with van der Waals surface area (Å²) in [5.41, 5.74) is 0.304. The Morgan fingerprint density at radius 2 is 2.12 bits per heavy atom. The maximum absolute atomic E-state index is 12.4. The molecule has 0 fully saturated rings. The van der Waals surface area contributed by atoms with Gasteiger partial charge in [-0.2, -0.15) is 0 Å². The van der Waals surface area contributed by atoms with Crippen LogP contribution in [0.25, 0.3) is 0 Å². The van der Waals surface area contributed by atoms with Crippen LogP contribution >= 0.6 is 11.6 Å². The molecule has 88 valence electrons. The number of alkyl halides is 2. The van der Waals surface area contributed by atoms with E-state index in [2.05, 4.69) is 0 Å². The number of halogens is 3. The van der Waals surface area contributed by atoms with Gasteiger partial charge in [0.05, 0.1) is 6.42 Å². The minimum atomic E-state index is -2.58. The van der Waals surface area contributed by atoms with Crippen molar-refractivity contribution in [3.63, 3.8) is 0 Å². The fourth-order valence-electron chi connectivity index (χ4n) is 1.45. The standard InChI is InChI=1S/C11H11ClF2O2/c1-6(4-10(15)16)8-5-7(11(13)14)2-3-9(8)12/h2-3,5-6,11H,4H2,1H3,(H,15,16). The zero-order valence-corrected chi connectivity index (χ0v) is 9.34. The predicted octanol–water partition coefficient (Wildman–Crippen LogP) is 3.86. The molecule has 2 nitrogen and oxygen atoms in total. The van der Waals surface area contributed by atoms with Crippen molar-refractivity contribution in [1.29, 1.82) is 0 Å². The van der Waals surface area contributed by atoms with Gasteiger partial charge in [0, 0.05) is 10.6 Å². The second kappa shape index (κ2) is 5.25. The van der Waals surface area contributed by atoms with Crippen LogP contribution in [0.5, 0.6) is 0 Å². The number of rotatable bonds is 4. The molecule has 1 unspecified atom stereocenters. The van der Waals surface area contributed by atoms with Gasteiger partial charge < -0.3 is 5.11 Å². The number of carbonyl (C=O) groups is 1. The van der Waals surface area contributed by atoms with Gasteiger partial charge in [0.1, 0.15) is 0 Å². The van der Waals surface area contributed by atoms with Crippen molar-refractivity contribution in [3.8, 4) is 0 Å². The van der Waals surface area contributed by atoms with Crippen molar-refractivity contribution in [2.24, 2.45) is 0 Å². The summed E-state index contributed by atoms with van der Waals surface area (Å²) >= 11 is 5.84. The first-order chi connectivity index (χ1) is 7.41. The van der Waals surface area contributed by atoms with Gasteiger partial charge in [0.15, 0.2) is 0 Å². The van der Waals surface area contributed by atoms with Crippen LogP contribution in [-0.2, 0) is 4.79 Å². The Bertz CT molecular complexity index is 394. The molecule has 0 aliphatic rings. The second-order valence-corrected chi connectivity index (χ2v) is 3.99. The molecule has 1 atom stereocenters. The molecule has 0 aliphatic heterocycles. The highest BCUT2D eigenvalue weighted by molar-refractivity contribution is 6.31. The first-order valence-corrected chi connectivity index (χ1v) is 5.09. The summed E-state index contributed by atoms with van der Waals surface area (Å²) in [5.74, 6) is -1.37. The summed E-state index contributed by atoms with van der Waals surface area (Å²) < 4.78 is 24.9. The summed E-state index contributed by atoms with van der Waals surface area (Å²) in [6.45, 7) is 1.64. The molecular weight excluding hydrogens is 238 g/mol. The molecule has 0 saturated carbocycles. The van der Waals surface area contributed by atoms with Crippen molar-refractivity contribution >= 4 is 17.6 Å². The molecule has 0 aromatic heterocycles. The molecule has 0 spiro atoms. The van der Waals surface area contributed by atoms with E-state index >= 15 is 0 Å². The lowest BCUT2D eigenvalue weighted by Crippen LogP contribution is -2.04. The van der Waals surface area contributed by atoms with E-state index in [1.807, 2.05) is 0 Å². The Morgan fingerprint density at radius 3 is 2.62 bits per heavy atom. The Balaban J connectivity index is 3.01. The number of benzene rings is 1. The fourth-order valence-corrected chi connectivity index (χ4v) is 1.75. The molecule has 1 aromatic rings. The smallest absolute Gasteiger partial charge is 0.303 e. The fraction of sp³-hybridized carbons (Fsp3) is 0.364. The molecule has 0 heterocycles. The normalized spacial score (nSPS) is 12.8. The first-order valence-electron chi connectivity index (χ1n) is 4.71. The summed E-state index contributed by atoms with van der Waals surface area (Å²) in [7, 11) is 0. The monoisotopic (exact) mass is 248 g/mol. The van der Waals surface area contributed by atoms with E-state index in [0.29, 0.717) is 10.6 Å². The van der Waals surface area contributed by atoms with Crippen molar-refractivity contribution in [3.05, 3.63) is 34.3 Å². The largest absolute Gasteiger partial charge is 0.481 e. The lowest BCUT2D eigenvalue weighted by Gasteiger charge is -2.12. The topological polar surface area (TPSA) is 37.3 Å². The third kappa shape index (κ3) is 3.17. The lowest BCUT2D eigenvalue weighted by molar-refractivity contribution is -0.137. The highest BCUT2D eigenvalue weighted by Gasteiger charge is 2.16. The average molecular weight is 249 g/mol. The molecule has 1 rings (SSSR count). The summed E-state index contributed by atoms with van der Waals surface area (Å²) in [6, 6.07) is 3.88. The van der Waals surface area contributed by atoms with E-state index in [1.165, 1.54) is 18.2 Å².